The molecule has 2 heterocycles. The Morgan fingerprint density at radius 3 is 2.87 bits per heavy atom. The van der Waals surface area contributed by atoms with E-state index < -0.39 is 0 Å². The van der Waals surface area contributed by atoms with Crippen LogP contribution in [0.5, 0.6) is 0 Å². The fourth-order valence-electron chi connectivity index (χ4n) is 2.50. The molecule has 1 N–H and O–H groups in total. The van der Waals surface area contributed by atoms with Crippen LogP contribution >= 0.6 is 23.1 Å². The van der Waals surface area contributed by atoms with Gasteiger partial charge in [0.15, 0.2) is 5.13 Å². The summed E-state index contributed by atoms with van der Waals surface area (Å²) in [5.74, 6) is 1.59. The molecule has 1 atom stereocenters. The average Bonchev–Trinajstić information content (AvgIpc) is 3.04. The minimum Gasteiger partial charge on any atom is -0.323 e. The molecule has 4 nitrogen and oxygen atoms in total. The second kappa shape index (κ2) is 7.36. The van der Waals surface area contributed by atoms with Gasteiger partial charge in [-0.05, 0) is 11.5 Å². The van der Waals surface area contributed by atoms with Crippen LogP contribution in [0.2, 0.25) is 0 Å². The first-order valence-electron chi connectivity index (χ1n) is 7.82. The normalized spacial score (nSPS) is 18.2. The molecule has 2 amide bonds. The Labute approximate surface area is 145 Å². The summed E-state index contributed by atoms with van der Waals surface area (Å²) < 4.78 is 0. The van der Waals surface area contributed by atoms with E-state index in [2.05, 4.69) is 24.1 Å². The van der Waals surface area contributed by atoms with Gasteiger partial charge in [0.2, 0.25) is 0 Å². The van der Waals surface area contributed by atoms with Crippen LogP contribution in [0.4, 0.5) is 9.93 Å². The molecule has 2 aromatic rings. The summed E-state index contributed by atoms with van der Waals surface area (Å²) in [4.78, 5) is 19.8. The lowest BCUT2D eigenvalue weighted by atomic mass is 10.1. The van der Waals surface area contributed by atoms with Gasteiger partial charge in [-0.3, -0.25) is 5.32 Å². The maximum atomic E-state index is 12.5. The zero-order chi connectivity index (χ0) is 16.2. The monoisotopic (exact) mass is 347 g/mol. The number of thioether (sulfide) groups is 1. The first-order chi connectivity index (χ1) is 11.1. The van der Waals surface area contributed by atoms with Gasteiger partial charge >= 0.3 is 6.03 Å². The molecule has 23 heavy (non-hydrogen) atoms. The third kappa shape index (κ3) is 4.06. The van der Waals surface area contributed by atoms with Gasteiger partial charge in [0, 0.05) is 30.3 Å². The number of hydrogen-bond donors (Lipinski definition) is 1. The molecule has 1 aliphatic heterocycles. The summed E-state index contributed by atoms with van der Waals surface area (Å²) in [5.41, 5.74) is 1.12. The molecular weight excluding hydrogens is 326 g/mol. The Morgan fingerprint density at radius 1 is 1.35 bits per heavy atom. The molecule has 1 fully saturated rings. The zero-order valence-electron chi connectivity index (χ0n) is 13.4. The number of thiazole rings is 1. The van der Waals surface area contributed by atoms with Crippen molar-refractivity contribution < 1.29 is 4.79 Å². The largest absolute Gasteiger partial charge is 0.323 e. The first-order valence-corrected chi connectivity index (χ1v) is 9.69. The molecule has 1 aromatic heterocycles. The number of amides is 2. The zero-order valence-corrected chi connectivity index (χ0v) is 15.0. The van der Waals surface area contributed by atoms with Crippen molar-refractivity contribution in [3.05, 3.63) is 36.5 Å². The molecule has 0 unspecified atom stereocenters. The number of nitrogens with zero attached hydrogens (tertiary/aromatic N) is 2. The number of urea groups is 1. The second-order valence-corrected chi connectivity index (χ2v) is 8.30. The van der Waals surface area contributed by atoms with E-state index in [4.69, 9.17) is 0 Å². The van der Waals surface area contributed by atoms with Crippen LogP contribution in [0.3, 0.4) is 0 Å². The van der Waals surface area contributed by atoms with Crippen molar-refractivity contribution in [2.45, 2.75) is 19.1 Å². The number of hydrogen-bond acceptors (Lipinski definition) is 4. The summed E-state index contributed by atoms with van der Waals surface area (Å²) in [5, 5.41) is 4.13. The van der Waals surface area contributed by atoms with Crippen LogP contribution in [0.1, 0.15) is 13.8 Å². The summed E-state index contributed by atoms with van der Waals surface area (Å²) >= 11 is 3.48. The standard InChI is InChI=1S/C17H21N3OS2/c1-12(2)15-11-20(8-9-22-15)17(21)19-16-18-10-14(23-16)13-6-4-3-5-7-13/h3-7,10,12,15H,8-9,11H2,1-2H3,(H,18,19,21)/t15-/m1/s1. The lowest BCUT2D eigenvalue weighted by molar-refractivity contribution is 0.211. The molecule has 1 aliphatic rings. The molecular formula is C17H21N3OS2. The van der Waals surface area contributed by atoms with Crippen molar-refractivity contribution in [2.75, 3.05) is 24.2 Å². The molecule has 0 spiro atoms. The minimum absolute atomic E-state index is 0.0371. The van der Waals surface area contributed by atoms with Gasteiger partial charge in [-0.25, -0.2) is 9.78 Å². The van der Waals surface area contributed by atoms with E-state index in [-0.39, 0.29) is 6.03 Å². The molecule has 0 aliphatic carbocycles. The van der Waals surface area contributed by atoms with Crippen LogP contribution in [0.25, 0.3) is 10.4 Å². The van der Waals surface area contributed by atoms with Crippen molar-refractivity contribution in [1.82, 2.24) is 9.88 Å². The predicted molar refractivity (Wildman–Crippen MR) is 99.2 cm³/mol. The SMILES string of the molecule is CC(C)[C@H]1CN(C(=O)Nc2ncc(-c3ccccc3)s2)CCS1. The predicted octanol–water partition coefficient (Wildman–Crippen LogP) is 4.42. The molecule has 1 saturated heterocycles. The molecule has 6 heteroatoms. The number of carbonyl (C=O) groups is 1. The number of carbonyl (C=O) groups excluding carboxylic acids is 1. The summed E-state index contributed by atoms with van der Waals surface area (Å²) in [6.07, 6.45) is 1.82. The Hall–Kier alpha value is -1.53. The fourth-order valence-corrected chi connectivity index (χ4v) is 4.61. The van der Waals surface area contributed by atoms with Crippen LogP contribution in [0.15, 0.2) is 36.5 Å². The van der Waals surface area contributed by atoms with Crippen LogP contribution in [-0.4, -0.2) is 40.0 Å². The highest BCUT2D eigenvalue weighted by atomic mass is 32.2. The van der Waals surface area contributed by atoms with Gasteiger partial charge in [-0.15, -0.1) is 0 Å². The number of aromatic nitrogens is 1. The highest BCUT2D eigenvalue weighted by Crippen LogP contribution is 2.29. The van der Waals surface area contributed by atoms with Crippen molar-refractivity contribution in [1.29, 1.82) is 0 Å². The van der Waals surface area contributed by atoms with Gasteiger partial charge in [0.05, 0.1) is 4.88 Å². The third-order valence-corrected chi connectivity index (χ3v) is 6.40. The summed E-state index contributed by atoms with van der Waals surface area (Å²) in [6.45, 7) is 6.04. The maximum Gasteiger partial charge on any atom is 0.323 e. The smallest absolute Gasteiger partial charge is 0.323 e. The average molecular weight is 348 g/mol. The molecule has 3 rings (SSSR count). The quantitative estimate of drug-likeness (QED) is 0.894. The van der Waals surface area contributed by atoms with Gasteiger partial charge in [0.25, 0.3) is 0 Å². The highest BCUT2D eigenvalue weighted by molar-refractivity contribution is 8.00. The number of anilines is 1. The Kier molecular flexibility index (Phi) is 5.23. The maximum absolute atomic E-state index is 12.5. The van der Waals surface area contributed by atoms with Gasteiger partial charge in [0.1, 0.15) is 0 Å². The summed E-state index contributed by atoms with van der Waals surface area (Å²) in [7, 11) is 0. The van der Waals surface area contributed by atoms with Crippen molar-refractivity contribution >= 4 is 34.3 Å². The topological polar surface area (TPSA) is 45.2 Å². The molecule has 0 radical (unpaired) electrons. The van der Waals surface area contributed by atoms with Gasteiger partial charge < -0.3 is 4.90 Å². The van der Waals surface area contributed by atoms with E-state index in [0.717, 1.165) is 29.3 Å². The third-order valence-electron chi connectivity index (χ3n) is 3.90. The molecule has 1 aromatic carbocycles. The van der Waals surface area contributed by atoms with E-state index in [1.54, 1.807) is 0 Å². The van der Waals surface area contributed by atoms with E-state index in [1.165, 1.54) is 11.3 Å². The minimum atomic E-state index is -0.0371. The van der Waals surface area contributed by atoms with Crippen molar-refractivity contribution in [2.24, 2.45) is 5.92 Å². The Bertz CT molecular complexity index is 657. The number of nitrogens with one attached hydrogen (secondary N) is 1. The van der Waals surface area contributed by atoms with Crippen LogP contribution < -0.4 is 5.32 Å². The van der Waals surface area contributed by atoms with Gasteiger partial charge in [-0.1, -0.05) is 55.5 Å². The van der Waals surface area contributed by atoms with Crippen LogP contribution in [-0.2, 0) is 0 Å². The number of benzene rings is 1. The Morgan fingerprint density at radius 2 is 2.13 bits per heavy atom. The van der Waals surface area contributed by atoms with E-state index in [9.17, 15) is 4.79 Å². The Balaban J connectivity index is 1.63. The lowest BCUT2D eigenvalue weighted by Gasteiger charge is -2.34. The van der Waals surface area contributed by atoms with Crippen molar-refractivity contribution in [3.63, 3.8) is 0 Å². The van der Waals surface area contributed by atoms with Crippen LogP contribution in [0, 0.1) is 5.92 Å². The van der Waals surface area contributed by atoms with Gasteiger partial charge in [-0.2, -0.15) is 11.8 Å². The summed E-state index contributed by atoms with van der Waals surface area (Å²) in [6, 6.07) is 10.1. The number of rotatable bonds is 3. The molecule has 122 valence electrons. The van der Waals surface area contributed by atoms with E-state index >= 15 is 0 Å². The van der Waals surface area contributed by atoms with Crippen molar-refractivity contribution in [3.8, 4) is 10.4 Å². The lowest BCUT2D eigenvalue weighted by Crippen LogP contribution is -2.45. The van der Waals surface area contributed by atoms with E-state index in [0.29, 0.717) is 16.3 Å². The molecule has 0 saturated carbocycles. The fraction of sp³-hybridized carbons (Fsp3) is 0.412. The second-order valence-electron chi connectivity index (χ2n) is 5.93. The van der Waals surface area contributed by atoms with E-state index in [1.807, 2.05) is 53.2 Å². The first kappa shape index (κ1) is 16.3. The molecule has 0 bridgehead atoms. The highest BCUT2D eigenvalue weighted by Gasteiger charge is 2.26.